The summed E-state index contributed by atoms with van der Waals surface area (Å²) in [6.45, 7) is 3.66. The van der Waals surface area contributed by atoms with Gasteiger partial charge in [-0.25, -0.2) is 8.42 Å². The molecule has 0 amide bonds. The molecule has 0 bridgehead atoms. The lowest BCUT2D eigenvalue weighted by Crippen LogP contribution is -2.21. The van der Waals surface area contributed by atoms with Gasteiger partial charge < -0.3 is 4.90 Å². The van der Waals surface area contributed by atoms with E-state index >= 15 is 0 Å². The van der Waals surface area contributed by atoms with E-state index in [4.69, 9.17) is 0 Å². The van der Waals surface area contributed by atoms with E-state index in [1.54, 1.807) is 18.2 Å². The molecule has 0 radical (unpaired) electrons. The zero-order valence-corrected chi connectivity index (χ0v) is 12.6. The Morgan fingerprint density at radius 3 is 2.30 bits per heavy atom. The van der Waals surface area contributed by atoms with Crippen molar-refractivity contribution in [3.8, 4) is 0 Å². The van der Waals surface area contributed by atoms with Crippen LogP contribution in [0.4, 0.5) is 5.69 Å². The number of benzene rings is 2. The lowest BCUT2D eigenvalue weighted by atomic mass is 10.2. The summed E-state index contributed by atoms with van der Waals surface area (Å²) in [7, 11) is -3.15. The Labute approximate surface area is 120 Å². The lowest BCUT2D eigenvalue weighted by molar-refractivity contribution is 0.601. The van der Waals surface area contributed by atoms with Gasteiger partial charge in [0.1, 0.15) is 0 Å². The van der Waals surface area contributed by atoms with Gasteiger partial charge in [-0.1, -0.05) is 30.3 Å². The minimum Gasteiger partial charge on any atom is -0.367 e. The zero-order valence-electron chi connectivity index (χ0n) is 11.8. The number of nitrogens with zero attached hydrogens (tertiary/aromatic N) is 1. The van der Waals surface area contributed by atoms with Crippen LogP contribution in [0.5, 0.6) is 0 Å². The Kier molecular flexibility index (Phi) is 4.45. The minimum atomic E-state index is -3.15. The van der Waals surface area contributed by atoms with Crippen molar-refractivity contribution in [2.75, 3.05) is 17.7 Å². The highest BCUT2D eigenvalue weighted by molar-refractivity contribution is 7.90. The van der Waals surface area contributed by atoms with E-state index in [9.17, 15) is 8.42 Å². The number of para-hydroxylation sites is 1. The summed E-state index contributed by atoms with van der Waals surface area (Å²) in [6.07, 6.45) is 1.24. The SMILES string of the molecule is CCN(Cc1cccc(S(C)(=O)=O)c1)c1ccccc1. The third kappa shape index (κ3) is 3.61. The fourth-order valence-corrected chi connectivity index (χ4v) is 2.81. The monoisotopic (exact) mass is 289 g/mol. The summed E-state index contributed by atoms with van der Waals surface area (Å²) in [5.41, 5.74) is 2.14. The molecule has 0 aliphatic rings. The van der Waals surface area contributed by atoms with Crippen LogP contribution in [0, 0.1) is 0 Å². The maximum absolute atomic E-state index is 11.6. The smallest absolute Gasteiger partial charge is 0.175 e. The first kappa shape index (κ1) is 14.6. The maximum atomic E-state index is 11.6. The first-order valence-electron chi connectivity index (χ1n) is 6.59. The molecule has 2 rings (SSSR count). The first-order chi connectivity index (χ1) is 9.50. The van der Waals surface area contributed by atoms with Gasteiger partial charge in [0.2, 0.25) is 0 Å². The Bertz CT molecular complexity index is 666. The molecule has 0 unspecified atom stereocenters. The van der Waals surface area contributed by atoms with E-state index < -0.39 is 9.84 Å². The van der Waals surface area contributed by atoms with Gasteiger partial charge >= 0.3 is 0 Å². The van der Waals surface area contributed by atoms with Crippen LogP contribution >= 0.6 is 0 Å². The summed E-state index contributed by atoms with van der Waals surface area (Å²) < 4.78 is 23.2. The van der Waals surface area contributed by atoms with E-state index in [1.165, 1.54) is 6.26 Å². The third-order valence-corrected chi connectivity index (χ3v) is 4.31. The Hall–Kier alpha value is -1.81. The molecule has 0 saturated carbocycles. The van der Waals surface area contributed by atoms with E-state index in [1.807, 2.05) is 24.3 Å². The maximum Gasteiger partial charge on any atom is 0.175 e. The minimum absolute atomic E-state index is 0.374. The van der Waals surface area contributed by atoms with Gasteiger partial charge in [0, 0.05) is 25.0 Å². The zero-order chi connectivity index (χ0) is 14.6. The second kappa shape index (κ2) is 6.09. The molecule has 2 aromatic carbocycles. The molecule has 20 heavy (non-hydrogen) atoms. The molecule has 0 N–H and O–H groups in total. The van der Waals surface area contributed by atoms with Gasteiger partial charge in [-0.05, 0) is 36.8 Å². The quantitative estimate of drug-likeness (QED) is 0.848. The average Bonchev–Trinajstić information content (AvgIpc) is 2.45. The highest BCUT2D eigenvalue weighted by Crippen LogP contribution is 2.18. The van der Waals surface area contributed by atoms with Crippen molar-refractivity contribution in [2.24, 2.45) is 0 Å². The number of hydrogen-bond acceptors (Lipinski definition) is 3. The topological polar surface area (TPSA) is 37.4 Å². The normalized spacial score (nSPS) is 11.3. The third-order valence-electron chi connectivity index (χ3n) is 3.20. The van der Waals surface area contributed by atoms with Crippen molar-refractivity contribution in [1.82, 2.24) is 0 Å². The van der Waals surface area contributed by atoms with Crippen LogP contribution in [-0.4, -0.2) is 21.2 Å². The molecule has 0 saturated heterocycles. The van der Waals surface area contributed by atoms with Crippen LogP contribution in [0.3, 0.4) is 0 Å². The molecule has 0 atom stereocenters. The van der Waals surface area contributed by atoms with Gasteiger partial charge in [-0.2, -0.15) is 0 Å². The van der Waals surface area contributed by atoms with Gasteiger partial charge in [-0.3, -0.25) is 0 Å². The van der Waals surface area contributed by atoms with Crippen molar-refractivity contribution >= 4 is 15.5 Å². The fraction of sp³-hybridized carbons (Fsp3) is 0.250. The van der Waals surface area contributed by atoms with Crippen molar-refractivity contribution in [1.29, 1.82) is 0 Å². The molecule has 2 aromatic rings. The summed E-state index contributed by atoms with van der Waals surface area (Å²) >= 11 is 0. The predicted molar refractivity (Wildman–Crippen MR) is 82.7 cm³/mol. The lowest BCUT2D eigenvalue weighted by Gasteiger charge is -2.23. The van der Waals surface area contributed by atoms with E-state index in [0.29, 0.717) is 11.4 Å². The largest absolute Gasteiger partial charge is 0.367 e. The molecular weight excluding hydrogens is 270 g/mol. The molecule has 0 aliphatic heterocycles. The van der Waals surface area contributed by atoms with Crippen LogP contribution in [0.2, 0.25) is 0 Å². The molecule has 0 aromatic heterocycles. The van der Waals surface area contributed by atoms with Gasteiger partial charge in [-0.15, -0.1) is 0 Å². The summed E-state index contributed by atoms with van der Waals surface area (Å²) in [5, 5.41) is 0. The predicted octanol–water partition coefficient (Wildman–Crippen LogP) is 3.12. The van der Waals surface area contributed by atoms with Gasteiger partial charge in [0.05, 0.1) is 4.90 Å². The Morgan fingerprint density at radius 1 is 1.00 bits per heavy atom. The first-order valence-corrected chi connectivity index (χ1v) is 8.49. The van der Waals surface area contributed by atoms with E-state index in [2.05, 4.69) is 24.0 Å². The molecule has 0 heterocycles. The van der Waals surface area contributed by atoms with E-state index in [-0.39, 0.29) is 0 Å². The van der Waals surface area contributed by atoms with Gasteiger partial charge in [0.15, 0.2) is 9.84 Å². The summed E-state index contributed by atoms with van der Waals surface area (Å²) in [4.78, 5) is 2.58. The number of sulfone groups is 1. The van der Waals surface area contributed by atoms with Crippen LogP contribution in [-0.2, 0) is 16.4 Å². The van der Waals surface area contributed by atoms with Crippen LogP contribution in [0.1, 0.15) is 12.5 Å². The number of rotatable bonds is 5. The summed E-state index contributed by atoms with van der Waals surface area (Å²) in [5.74, 6) is 0. The average molecular weight is 289 g/mol. The fourth-order valence-electron chi connectivity index (χ4n) is 2.12. The second-order valence-electron chi connectivity index (χ2n) is 4.77. The molecule has 0 aliphatic carbocycles. The molecule has 4 heteroatoms. The van der Waals surface area contributed by atoms with Crippen molar-refractivity contribution in [3.05, 3.63) is 60.2 Å². The summed E-state index contributed by atoms with van der Waals surface area (Å²) in [6, 6.07) is 17.3. The number of hydrogen-bond donors (Lipinski definition) is 0. The van der Waals surface area contributed by atoms with Crippen molar-refractivity contribution in [3.63, 3.8) is 0 Å². The highest BCUT2D eigenvalue weighted by Gasteiger charge is 2.09. The Balaban J connectivity index is 2.25. The standard InChI is InChI=1S/C16H19NO2S/c1-3-17(15-9-5-4-6-10-15)13-14-8-7-11-16(12-14)20(2,18)19/h4-12H,3,13H2,1-2H3. The second-order valence-corrected chi connectivity index (χ2v) is 6.79. The Morgan fingerprint density at radius 2 is 1.70 bits per heavy atom. The van der Waals surface area contributed by atoms with Crippen LogP contribution in [0.25, 0.3) is 0 Å². The molecule has 0 spiro atoms. The van der Waals surface area contributed by atoms with E-state index in [0.717, 1.165) is 17.8 Å². The number of anilines is 1. The van der Waals surface area contributed by atoms with Gasteiger partial charge in [0.25, 0.3) is 0 Å². The highest BCUT2D eigenvalue weighted by atomic mass is 32.2. The van der Waals surface area contributed by atoms with Crippen LogP contribution < -0.4 is 4.90 Å². The van der Waals surface area contributed by atoms with Crippen LogP contribution in [0.15, 0.2) is 59.5 Å². The molecule has 106 valence electrons. The molecule has 3 nitrogen and oxygen atoms in total. The van der Waals surface area contributed by atoms with Crippen molar-refractivity contribution < 1.29 is 8.42 Å². The molecular formula is C16H19NO2S. The molecule has 0 fully saturated rings. The van der Waals surface area contributed by atoms with Crippen molar-refractivity contribution in [2.45, 2.75) is 18.4 Å².